The van der Waals surface area contributed by atoms with Crippen LogP contribution in [0, 0.1) is 0 Å². The summed E-state index contributed by atoms with van der Waals surface area (Å²) in [5.41, 5.74) is 29.1. The Labute approximate surface area is 494 Å². The number of benzene rings is 7. The molecule has 5 aliphatic carbocycles. The van der Waals surface area contributed by atoms with Crippen LogP contribution in [0.4, 0.5) is 51.2 Å². The molecule has 0 bridgehead atoms. The molecule has 0 N–H and O–H groups in total. The average molecular weight is 1090 g/mol. The second kappa shape index (κ2) is 17.3. The number of para-hydroxylation sites is 2. The molecule has 0 spiro atoms. The van der Waals surface area contributed by atoms with Crippen LogP contribution in [0.5, 0.6) is 0 Å². The summed E-state index contributed by atoms with van der Waals surface area (Å²) in [5, 5.41) is 1.39. The van der Waals surface area contributed by atoms with Gasteiger partial charge in [-0.15, -0.1) is 11.3 Å². The maximum Gasteiger partial charge on any atom is 0.264 e. The van der Waals surface area contributed by atoms with E-state index in [9.17, 15) is 0 Å². The Morgan fingerprint density at radius 2 is 0.988 bits per heavy atom. The van der Waals surface area contributed by atoms with E-state index in [0.29, 0.717) is 0 Å². The summed E-state index contributed by atoms with van der Waals surface area (Å²) < 4.78 is 2.87. The molecule has 8 aromatic rings. The van der Waals surface area contributed by atoms with Crippen molar-refractivity contribution in [1.82, 2.24) is 0 Å². The largest absolute Gasteiger partial charge is 0.311 e. The zero-order valence-corrected chi connectivity index (χ0v) is 52.2. The fraction of sp³-hybridized carbons (Fsp3) is 0.377. The van der Waals surface area contributed by atoms with Crippen molar-refractivity contribution < 1.29 is 0 Å². The lowest BCUT2D eigenvalue weighted by Crippen LogP contribution is -2.61. The minimum absolute atomic E-state index is 0.00620. The van der Waals surface area contributed by atoms with E-state index in [1.807, 2.05) is 0 Å². The number of nitrogens with zero attached hydrogens (tertiary/aromatic N) is 3. The molecule has 0 saturated heterocycles. The number of anilines is 9. The molecule has 15 rings (SSSR count). The Kier molecular flexibility index (Phi) is 11.0. The predicted molar refractivity (Wildman–Crippen MR) is 355 cm³/mol. The van der Waals surface area contributed by atoms with Gasteiger partial charge in [0.15, 0.2) is 0 Å². The van der Waals surface area contributed by atoms with Crippen molar-refractivity contribution in [1.29, 1.82) is 0 Å². The molecule has 0 radical (unpaired) electrons. The summed E-state index contributed by atoms with van der Waals surface area (Å²) in [7, 11) is 0. The summed E-state index contributed by atoms with van der Waals surface area (Å²) in [6.45, 7) is 35.0. The number of hydrogen-bond acceptors (Lipinski definition) is 4. The molecule has 1 aromatic heterocycles. The van der Waals surface area contributed by atoms with Gasteiger partial charge < -0.3 is 14.7 Å². The van der Waals surface area contributed by atoms with Crippen molar-refractivity contribution in [2.45, 2.75) is 186 Å². The first-order chi connectivity index (χ1) is 38.9. The number of thiophene rings is 1. The molecular weight excluding hydrogens is 1010 g/mol. The van der Waals surface area contributed by atoms with Crippen molar-refractivity contribution >= 4 is 101 Å². The SMILES string of the molecule is CC1(C)CCC(C)(C)c2cc(N3c4cc5c(cc4B4c6sc7cc8c(cc7c6N(c6cccc7c6C6=C(C=CCC6)C7(C)C)c6cc(N(c7ccccc7)c7ccccc7)cc3c64)C(C)(C)CCC8(C)C)C(C)(C)CCC5(C)C)ccc21. The number of allylic oxidation sites excluding steroid dienone is 4. The molecule has 0 fully saturated rings. The Bertz CT molecular complexity index is 4060. The van der Waals surface area contributed by atoms with Crippen LogP contribution in [0.25, 0.3) is 15.7 Å². The van der Waals surface area contributed by atoms with E-state index in [-0.39, 0.29) is 44.6 Å². The van der Waals surface area contributed by atoms with Crippen LogP contribution >= 0.6 is 11.3 Å². The minimum atomic E-state index is -0.132. The molecule has 0 atom stereocenters. The van der Waals surface area contributed by atoms with Gasteiger partial charge in [-0.1, -0.05) is 170 Å². The molecular formula is C77H82BN3S. The molecule has 82 heavy (non-hydrogen) atoms. The van der Waals surface area contributed by atoms with Crippen molar-refractivity contribution in [2.24, 2.45) is 0 Å². The maximum absolute atomic E-state index is 2.84. The minimum Gasteiger partial charge on any atom is -0.311 e. The quantitative estimate of drug-likeness (QED) is 0.159. The Morgan fingerprint density at radius 3 is 1.60 bits per heavy atom. The van der Waals surface area contributed by atoms with Crippen molar-refractivity contribution in [2.75, 3.05) is 14.7 Å². The highest BCUT2D eigenvalue weighted by molar-refractivity contribution is 7.33. The van der Waals surface area contributed by atoms with E-state index in [1.54, 1.807) is 0 Å². The first-order valence-corrected chi connectivity index (χ1v) is 31.9. The van der Waals surface area contributed by atoms with E-state index in [0.717, 1.165) is 49.2 Å². The summed E-state index contributed by atoms with van der Waals surface area (Å²) in [6.07, 6.45) is 14.0. The highest BCUT2D eigenvalue weighted by atomic mass is 32.1. The predicted octanol–water partition coefficient (Wildman–Crippen LogP) is 19.9. The van der Waals surface area contributed by atoms with Crippen molar-refractivity contribution in [3.05, 3.63) is 196 Å². The first-order valence-electron chi connectivity index (χ1n) is 31.1. The summed E-state index contributed by atoms with van der Waals surface area (Å²) in [4.78, 5) is 8.14. The summed E-state index contributed by atoms with van der Waals surface area (Å²) in [5.74, 6) is 0. The topological polar surface area (TPSA) is 9.72 Å². The standard InChI is InChI=1S/C77H82BN3S/c1-71(2)34-35-72(3,4)56-40-49(32-33-54(56)71)80-63-45-59-58(74(7,8)37-38-75(59,9)10)44-61(63)78-68-64(80)41-50(79(47-24-17-15-18-25-47)48-26-19-16-20-27-48)42-65(68)81(62-31-23-30-55-67(62)51-28-21-22-29-53(51)77(55,13)14)69-52-43-57-60(46-66(52)82-70(69)78)76(11,12)39-36-73(57,5)6/h15-20,22-27,29-33,40-46H,21,28,34-39H2,1-14H3. The molecule has 0 amide bonds. The molecule has 0 unspecified atom stereocenters. The van der Waals surface area contributed by atoms with Crippen molar-refractivity contribution in [3.63, 3.8) is 0 Å². The van der Waals surface area contributed by atoms with Gasteiger partial charge in [-0.2, -0.15) is 0 Å². The van der Waals surface area contributed by atoms with Crippen LogP contribution in [-0.2, 0) is 37.9 Å². The van der Waals surface area contributed by atoms with Gasteiger partial charge in [0.05, 0.1) is 17.1 Å². The van der Waals surface area contributed by atoms with Gasteiger partial charge in [0, 0.05) is 60.0 Å². The highest BCUT2D eigenvalue weighted by Crippen LogP contribution is 2.60. The van der Waals surface area contributed by atoms with E-state index >= 15 is 0 Å². The smallest absolute Gasteiger partial charge is 0.264 e. The third kappa shape index (κ3) is 7.39. The van der Waals surface area contributed by atoms with Crippen LogP contribution in [0.1, 0.15) is 193 Å². The van der Waals surface area contributed by atoms with Gasteiger partial charge in [0.2, 0.25) is 0 Å². The van der Waals surface area contributed by atoms with Gasteiger partial charge in [-0.3, -0.25) is 0 Å². The van der Waals surface area contributed by atoms with Crippen LogP contribution < -0.4 is 30.4 Å². The van der Waals surface area contributed by atoms with Crippen LogP contribution in [-0.4, -0.2) is 6.71 Å². The third-order valence-electron chi connectivity index (χ3n) is 22.1. The third-order valence-corrected chi connectivity index (χ3v) is 23.3. The van der Waals surface area contributed by atoms with Gasteiger partial charge in [0.25, 0.3) is 6.71 Å². The monoisotopic (exact) mass is 1090 g/mol. The molecule has 7 aromatic carbocycles. The van der Waals surface area contributed by atoms with Gasteiger partial charge >= 0.3 is 0 Å². The fourth-order valence-corrected chi connectivity index (χ4v) is 18.1. The molecule has 0 saturated carbocycles. The number of hydrogen-bond donors (Lipinski definition) is 0. The van der Waals surface area contributed by atoms with E-state index in [1.165, 1.54) is 135 Å². The second-order valence-corrected chi connectivity index (χ2v) is 31.4. The first kappa shape index (κ1) is 52.3. The lowest BCUT2D eigenvalue weighted by atomic mass is 9.35. The summed E-state index contributed by atoms with van der Waals surface area (Å²) in [6, 6.07) is 53.4. The Hall–Kier alpha value is -6.56. The number of rotatable bonds is 5. The highest BCUT2D eigenvalue weighted by Gasteiger charge is 2.51. The van der Waals surface area contributed by atoms with Gasteiger partial charge in [-0.05, 0) is 218 Å². The zero-order valence-electron chi connectivity index (χ0n) is 51.3. The molecule has 2 aliphatic heterocycles. The van der Waals surface area contributed by atoms with Gasteiger partial charge in [-0.25, -0.2) is 0 Å². The van der Waals surface area contributed by atoms with Crippen molar-refractivity contribution in [3.8, 4) is 0 Å². The Morgan fingerprint density at radius 1 is 0.451 bits per heavy atom. The summed E-state index contributed by atoms with van der Waals surface area (Å²) >= 11 is 2.09. The van der Waals surface area contributed by atoms with Crippen LogP contribution in [0.3, 0.4) is 0 Å². The van der Waals surface area contributed by atoms with Crippen LogP contribution in [0.15, 0.2) is 151 Å². The molecule has 5 heteroatoms. The molecule has 7 aliphatic rings. The van der Waals surface area contributed by atoms with Gasteiger partial charge in [0.1, 0.15) is 0 Å². The van der Waals surface area contributed by atoms with Crippen LogP contribution in [0.2, 0.25) is 0 Å². The molecule has 3 nitrogen and oxygen atoms in total. The van der Waals surface area contributed by atoms with E-state index in [2.05, 4.69) is 269 Å². The fourth-order valence-electron chi connectivity index (χ4n) is 16.8. The second-order valence-electron chi connectivity index (χ2n) is 30.4. The van der Waals surface area contributed by atoms with E-state index in [4.69, 9.17) is 0 Å². The molecule has 3 heterocycles. The average Bonchev–Trinajstić information content (AvgIpc) is 2.14. The maximum atomic E-state index is 2.84. The lowest BCUT2D eigenvalue weighted by Gasteiger charge is -2.48. The van der Waals surface area contributed by atoms with E-state index < -0.39 is 0 Å². The molecule has 414 valence electrons. The number of fused-ring (bicyclic) bond motifs is 11. The normalized spacial score (nSPS) is 20.9. The lowest BCUT2D eigenvalue weighted by molar-refractivity contribution is 0.332. The zero-order chi connectivity index (χ0) is 57.0. The Balaban J connectivity index is 1.14.